The van der Waals surface area contributed by atoms with E-state index in [0.717, 1.165) is 17.7 Å². The summed E-state index contributed by atoms with van der Waals surface area (Å²) in [4.78, 5) is 14.8. The van der Waals surface area contributed by atoms with Crippen molar-refractivity contribution in [1.82, 2.24) is 15.0 Å². The lowest BCUT2D eigenvalue weighted by Crippen LogP contribution is -2.32. The number of aliphatic hydroxyl groups is 1. The van der Waals surface area contributed by atoms with Gasteiger partial charge in [0.2, 0.25) is 5.88 Å². The molecule has 33 heavy (non-hydrogen) atoms. The van der Waals surface area contributed by atoms with E-state index in [4.69, 9.17) is 9.72 Å². The lowest BCUT2D eigenvalue weighted by atomic mass is 10.0. The Labute approximate surface area is 186 Å². The summed E-state index contributed by atoms with van der Waals surface area (Å²) in [5, 5.41) is 10.8. The Hall–Kier alpha value is -3.98. The van der Waals surface area contributed by atoms with Crippen molar-refractivity contribution in [3.63, 3.8) is 0 Å². The molecular weight excluding hydrogens is 433 g/mol. The van der Waals surface area contributed by atoms with Gasteiger partial charge in [-0.05, 0) is 42.5 Å². The van der Waals surface area contributed by atoms with E-state index in [1.165, 1.54) is 30.2 Å². The second kappa shape index (κ2) is 7.86. The van der Waals surface area contributed by atoms with Gasteiger partial charge in [-0.15, -0.1) is 0 Å². The fourth-order valence-electron chi connectivity index (χ4n) is 3.78. The van der Waals surface area contributed by atoms with Gasteiger partial charge in [-0.3, -0.25) is 4.98 Å². The second-order valence-corrected chi connectivity index (χ2v) is 7.41. The molecule has 1 unspecified atom stereocenters. The molecular formula is C24H17F3N4O2. The monoisotopic (exact) mass is 450 g/mol. The van der Waals surface area contributed by atoms with Gasteiger partial charge in [0.05, 0.1) is 29.6 Å². The van der Waals surface area contributed by atoms with Crippen LogP contribution < -0.4 is 9.64 Å². The highest BCUT2D eigenvalue weighted by Crippen LogP contribution is 2.41. The third-order valence-corrected chi connectivity index (χ3v) is 5.36. The molecule has 166 valence electrons. The first kappa shape index (κ1) is 20.9. The van der Waals surface area contributed by atoms with Crippen molar-refractivity contribution < 1.29 is 23.0 Å². The Morgan fingerprint density at radius 1 is 1.03 bits per heavy atom. The summed E-state index contributed by atoms with van der Waals surface area (Å²) in [7, 11) is 1.52. The van der Waals surface area contributed by atoms with Crippen LogP contribution in [0.15, 0.2) is 67.0 Å². The van der Waals surface area contributed by atoms with Crippen molar-refractivity contribution in [2.75, 3.05) is 12.0 Å². The van der Waals surface area contributed by atoms with E-state index in [1.54, 1.807) is 36.7 Å². The number of halogens is 3. The number of rotatable bonds is 3. The summed E-state index contributed by atoms with van der Waals surface area (Å²) < 4.78 is 45.1. The Morgan fingerprint density at radius 2 is 1.88 bits per heavy atom. The van der Waals surface area contributed by atoms with Crippen LogP contribution in [0.25, 0.3) is 28.4 Å². The molecule has 1 atom stereocenters. The number of benzene rings is 1. The first-order chi connectivity index (χ1) is 15.8. The largest absolute Gasteiger partial charge is 0.481 e. The molecule has 0 amide bonds. The van der Waals surface area contributed by atoms with E-state index in [1.807, 2.05) is 6.07 Å². The van der Waals surface area contributed by atoms with Crippen LogP contribution in [0, 0.1) is 0 Å². The van der Waals surface area contributed by atoms with Crippen LogP contribution in [0.4, 0.5) is 24.5 Å². The number of hydrogen-bond acceptors (Lipinski definition) is 6. The zero-order chi connectivity index (χ0) is 23.2. The summed E-state index contributed by atoms with van der Waals surface area (Å²) in [6.07, 6.45) is 0.710. The van der Waals surface area contributed by atoms with Crippen molar-refractivity contribution in [3.05, 3.63) is 78.1 Å². The summed E-state index contributed by atoms with van der Waals surface area (Å²) >= 11 is 0. The van der Waals surface area contributed by atoms with Gasteiger partial charge in [0.25, 0.3) is 0 Å². The van der Waals surface area contributed by atoms with Gasteiger partial charge >= 0.3 is 6.18 Å². The smallest absolute Gasteiger partial charge is 0.416 e. The number of methoxy groups -OCH3 is 1. The average molecular weight is 450 g/mol. The third kappa shape index (κ3) is 3.76. The van der Waals surface area contributed by atoms with Crippen LogP contribution in [0.5, 0.6) is 5.88 Å². The lowest BCUT2D eigenvalue weighted by molar-refractivity contribution is -0.137. The maximum atomic E-state index is 13.3. The normalized spacial score (nSPS) is 15.5. The SMILES string of the molecule is COc1ccc(-c2ccc3ncc4c(c3n2)N(c2cccc(C(F)(F)F)c2)C(O)C=C4)cn1. The molecule has 0 saturated carbocycles. The van der Waals surface area contributed by atoms with E-state index in [0.29, 0.717) is 33.9 Å². The minimum atomic E-state index is -4.51. The standard InChI is InChI=1S/C24H17F3N4O2/c1-33-20-9-5-14(12-29-20)18-7-8-19-22(30-18)23-15(13-28-19)6-10-21(32)31(23)17-4-2-3-16(11-17)24(25,26)27/h2-13,21,32H,1H3. The first-order valence-corrected chi connectivity index (χ1v) is 9.98. The molecule has 1 aliphatic rings. The van der Waals surface area contributed by atoms with E-state index in [2.05, 4.69) is 9.97 Å². The second-order valence-electron chi connectivity index (χ2n) is 7.41. The highest BCUT2D eigenvalue weighted by atomic mass is 19.4. The van der Waals surface area contributed by atoms with E-state index < -0.39 is 18.0 Å². The number of nitrogens with zero attached hydrogens (tertiary/aromatic N) is 4. The van der Waals surface area contributed by atoms with Gasteiger partial charge in [-0.1, -0.05) is 12.1 Å². The van der Waals surface area contributed by atoms with Crippen LogP contribution in [0.3, 0.4) is 0 Å². The van der Waals surface area contributed by atoms with Crippen LogP contribution >= 0.6 is 0 Å². The van der Waals surface area contributed by atoms with E-state index in [-0.39, 0.29) is 5.69 Å². The molecule has 3 aromatic heterocycles. The minimum absolute atomic E-state index is 0.189. The molecule has 5 rings (SSSR count). The van der Waals surface area contributed by atoms with E-state index >= 15 is 0 Å². The summed E-state index contributed by atoms with van der Waals surface area (Å²) in [5.74, 6) is 0.461. The quantitative estimate of drug-likeness (QED) is 0.463. The summed E-state index contributed by atoms with van der Waals surface area (Å²) in [6, 6.07) is 11.9. The molecule has 1 aromatic carbocycles. The Kier molecular flexibility index (Phi) is 4.98. The van der Waals surface area contributed by atoms with Crippen LogP contribution in [0.1, 0.15) is 11.1 Å². The maximum absolute atomic E-state index is 13.3. The number of ether oxygens (including phenoxy) is 1. The number of aliphatic hydroxyl groups excluding tert-OH is 1. The van der Waals surface area contributed by atoms with Gasteiger partial charge in [-0.25, -0.2) is 9.97 Å². The third-order valence-electron chi connectivity index (χ3n) is 5.36. The van der Waals surface area contributed by atoms with Crippen LogP contribution in [-0.2, 0) is 6.18 Å². The van der Waals surface area contributed by atoms with Crippen molar-refractivity contribution in [2.24, 2.45) is 0 Å². The molecule has 6 nitrogen and oxygen atoms in total. The number of fused-ring (bicyclic) bond motifs is 3. The summed E-state index contributed by atoms with van der Waals surface area (Å²) in [5.41, 5.74) is 2.79. The molecule has 1 aliphatic heterocycles. The van der Waals surface area contributed by atoms with E-state index in [9.17, 15) is 18.3 Å². The molecule has 0 bridgehead atoms. The molecule has 0 fully saturated rings. The Bertz CT molecular complexity index is 1370. The average Bonchev–Trinajstić information content (AvgIpc) is 2.83. The van der Waals surface area contributed by atoms with Gasteiger partial charge in [0.1, 0.15) is 5.52 Å². The van der Waals surface area contributed by atoms with Crippen LogP contribution in [0.2, 0.25) is 0 Å². The number of pyridine rings is 3. The lowest BCUT2D eigenvalue weighted by Gasteiger charge is -2.33. The zero-order valence-electron chi connectivity index (χ0n) is 17.3. The fraction of sp³-hybridized carbons (Fsp3) is 0.125. The Morgan fingerprint density at radius 3 is 2.61 bits per heavy atom. The number of hydrogen-bond donors (Lipinski definition) is 1. The number of aromatic nitrogens is 3. The zero-order valence-corrected chi connectivity index (χ0v) is 17.3. The van der Waals surface area contributed by atoms with Crippen molar-refractivity contribution in [3.8, 4) is 17.1 Å². The molecule has 9 heteroatoms. The molecule has 0 aliphatic carbocycles. The molecule has 0 spiro atoms. The van der Waals surface area contributed by atoms with Crippen molar-refractivity contribution in [1.29, 1.82) is 0 Å². The maximum Gasteiger partial charge on any atom is 0.416 e. The fourth-order valence-corrected chi connectivity index (χ4v) is 3.78. The van der Waals surface area contributed by atoms with Crippen molar-refractivity contribution >= 4 is 28.5 Å². The predicted octanol–water partition coefficient (Wildman–Crippen LogP) is 5.20. The topological polar surface area (TPSA) is 71.4 Å². The van der Waals surface area contributed by atoms with Gasteiger partial charge in [0.15, 0.2) is 6.23 Å². The molecule has 4 heterocycles. The van der Waals surface area contributed by atoms with Gasteiger partial charge < -0.3 is 14.7 Å². The Balaban J connectivity index is 1.70. The van der Waals surface area contributed by atoms with Gasteiger partial charge in [-0.2, -0.15) is 13.2 Å². The predicted molar refractivity (Wildman–Crippen MR) is 118 cm³/mol. The molecule has 1 N–H and O–H groups in total. The molecule has 0 radical (unpaired) electrons. The number of anilines is 2. The number of alkyl halides is 3. The van der Waals surface area contributed by atoms with Crippen LogP contribution in [-0.4, -0.2) is 33.4 Å². The minimum Gasteiger partial charge on any atom is -0.481 e. The first-order valence-electron chi connectivity index (χ1n) is 9.98. The highest BCUT2D eigenvalue weighted by molar-refractivity contribution is 5.97. The highest BCUT2D eigenvalue weighted by Gasteiger charge is 2.32. The van der Waals surface area contributed by atoms with Crippen molar-refractivity contribution in [2.45, 2.75) is 12.4 Å². The van der Waals surface area contributed by atoms with Gasteiger partial charge in [0, 0.05) is 35.3 Å². The summed E-state index contributed by atoms with van der Waals surface area (Å²) in [6.45, 7) is 0. The molecule has 4 aromatic rings. The molecule has 0 saturated heterocycles.